The molecule has 0 aliphatic rings. The standard InChI is InChI=1S/C14H22BrNO2/c1-9(2)10(3)16-8-11-6-13(17-4)14(18-5)7-12(11)15/h6-7,9-10,16H,8H2,1-5H3. The highest BCUT2D eigenvalue weighted by Crippen LogP contribution is 2.33. The Hall–Kier alpha value is -0.740. The van der Waals surface area contributed by atoms with Crippen molar-refractivity contribution in [3.05, 3.63) is 22.2 Å². The molecule has 1 aromatic carbocycles. The minimum absolute atomic E-state index is 0.477. The zero-order valence-electron chi connectivity index (χ0n) is 11.7. The topological polar surface area (TPSA) is 30.5 Å². The van der Waals surface area contributed by atoms with Crippen molar-refractivity contribution in [2.45, 2.75) is 33.4 Å². The van der Waals surface area contributed by atoms with Crippen molar-refractivity contribution in [3.63, 3.8) is 0 Å². The summed E-state index contributed by atoms with van der Waals surface area (Å²) in [5, 5.41) is 3.50. The molecule has 102 valence electrons. The molecule has 0 heterocycles. The normalized spacial score (nSPS) is 12.6. The van der Waals surface area contributed by atoms with Gasteiger partial charge < -0.3 is 14.8 Å². The SMILES string of the molecule is COc1cc(Br)c(CNC(C)C(C)C)cc1OC. The molecule has 1 N–H and O–H groups in total. The molecule has 0 aliphatic carbocycles. The molecule has 1 atom stereocenters. The van der Waals surface area contributed by atoms with Gasteiger partial charge in [0.05, 0.1) is 14.2 Å². The maximum atomic E-state index is 5.31. The van der Waals surface area contributed by atoms with Crippen molar-refractivity contribution in [2.75, 3.05) is 14.2 Å². The molecule has 3 nitrogen and oxygen atoms in total. The van der Waals surface area contributed by atoms with Crippen LogP contribution in [0.4, 0.5) is 0 Å². The molecule has 0 fully saturated rings. The Labute approximate surface area is 118 Å². The molecule has 0 radical (unpaired) electrons. The summed E-state index contributed by atoms with van der Waals surface area (Å²) >= 11 is 3.56. The van der Waals surface area contributed by atoms with Crippen molar-refractivity contribution in [1.29, 1.82) is 0 Å². The highest BCUT2D eigenvalue weighted by atomic mass is 79.9. The number of rotatable bonds is 6. The summed E-state index contributed by atoms with van der Waals surface area (Å²) in [7, 11) is 3.29. The molecule has 0 bridgehead atoms. The third kappa shape index (κ3) is 3.89. The Balaban J connectivity index is 2.83. The molecule has 0 spiro atoms. The first-order valence-electron chi connectivity index (χ1n) is 6.13. The van der Waals surface area contributed by atoms with Gasteiger partial charge in [0.1, 0.15) is 0 Å². The number of ether oxygens (including phenoxy) is 2. The molecule has 0 amide bonds. The summed E-state index contributed by atoms with van der Waals surface area (Å²) < 4.78 is 11.6. The van der Waals surface area contributed by atoms with Crippen LogP contribution in [0.5, 0.6) is 11.5 Å². The maximum absolute atomic E-state index is 5.31. The molecule has 4 heteroatoms. The van der Waals surface area contributed by atoms with Crippen LogP contribution in [-0.2, 0) is 6.54 Å². The third-order valence-electron chi connectivity index (χ3n) is 3.17. The van der Waals surface area contributed by atoms with E-state index in [9.17, 15) is 0 Å². The maximum Gasteiger partial charge on any atom is 0.161 e. The van der Waals surface area contributed by atoms with Gasteiger partial charge in [-0.25, -0.2) is 0 Å². The van der Waals surface area contributed by atoms with Crippen molar-refractivity contribution in [3.8, 4) is 11.5 Å². The Morgan fingerprint density at radius 3 is 2.17 bits per heavy atom. The summed E-state index contributed by atoms with van der Waals surface area (Å²) in [4.78, 5) is 0. The highest BCUT2D eigenvalue weighted by molar-refractivity contribution is 9.10. The average molecular weight is 316 g/mol. The minimum atomic E-state index is 0.477. The van der Waals surface area contributed by atoms with Crippen LogP contribution >= 0.6 is 15.9 Å². The van der Waals surface area contributed by atoms with Crippen molar-refractivity contribution in [2.24, 2.45) is 5.92 Å². The molecule has 18 heavy (non-hydrogen) atoms. The number of methoxy groups -OCH3 is 2. The quantitative estimate of drug-likeness (QED) is 0.870. The third-order valence-corrected chi connectivity index (χ3v) is 3.91. The lowest BCUT2D eigenvalue weighted by Gasteiger charge is -2.19. The van der Waals surface area contributed by atoms with Crippen LogP contribution in [0.1, 0.15) is 26.3 Å². The van der Waals surface area contributed by atoms with Gasteiger partial charge in [-0.05, 0) is 30.5 Å². The Kier molecular flexibility index (Phi) is 5.96. The van der Waals surface area contributed by atoms with Crippen LogP contribution in [0.2, 0.25) is 0 Å². The molecule has 0 saturated heterocycles. The first-order valence-corrected chi connectivity index (χ1v) is 6.92. The number of hydrogen-bond acceptors (Lipinski definition) is 3. The fourth-order valence-corrected chi connectivity index (χ4v) is 2.00. The number of hydrogen-bond donors (Lipinski definition) is 1. The number of nitrogens with one attached hydrogen (secondary N) is 1. The van der Waals surface area contributed by atoms with Crippen molar-refractivity contribution >= 4 is 15.9 Å². The number of halogens is 1. The molecule has 1 rings (SSSR count). The first-order chi connectivity index (χ1) is 8.49. The first kappa shape index (κ1) is 15.3. The summed E-state index contributed by atoms with van der Waals surface area (Å²) in [6.45, 7) is 7.42. The minimum Gasteiger partial charge on any atom is -0.493 e. The smallest absolute Gasteiger partial charge is 0.161 e. The molecule has 0 aliphatic heterocycles. The van der Waals surface area contributed by atoms with E-state index in [1.165, 1.54) is 5.56 Å². The van der Waals surface area contributed by atoms with E-state index in [0.29, 0.717) is 12.0 Å². The van der Waals surface area contributed by atoms with Crippen LogP contribution in [0.25, 0.3) is 0 Å². The van der Waals surface area contributed by atoms with Gasteiger partial charge in [-0.15, -0.1) is 0 Å². The van der Waals surface area contributed by atoms with Gasteiger partial charge in [0.2, 0.25) is 0 Å². The van der Waals surface area contributed by atoms with Crippen LogP contribution in [0.15, 0.2) is 16.6 Å². The fraction of sp³-hybridized carbons (Fsp3) is 0.571. The second kappa shape index (κ2) is 7.00. The van der Waals surface area contributed by atoms with Crippen LogP contribution in [0, 0.1) is 5.92 Å². The monoisotopic (exact) mass is 315 g/mol. The second-order valence-corrected chi connectivity index (χ2v) is 5.57. The lowest BCUT2D eigenvalue weighted by atomic mass is 10.1. The average Bonchev–Trinajstić information content (AvgIpc) is 2.36. The lowest BCUT2D eigenvalue weighted by Crippen LogP contribution is -2.30. The van der Waals surface area contributed by atoms with E-state index >= 15 is 0 Å². The zero-order chi connectivity index (χ0) is 13.7. The molecule has 0 saturated carbocycles. The number of benzene rings is 1. The Bertz CT molecular complexity index is 394. The largest absolute Gasteiger partial charge is 0.493 e. The van der Waals surface area contributed by atoms with Gasteiger partial charge in [-0.1, -0.05) is 29.8 Å². The molecule has 1 unspecified atom stereocenters. The van der Waals surface area contributed by atoms with Gasteiger partial charge in [-0.2, -0.15) is 0 Å². The van der Waals surface area contributed by atoms with Gasteiger partial charge in [-0.3, -0.25) is 0 Å². The van der Waals surface area contributed by atoms with E-state index in [-0.39, 0.29) is 0 Å². The molecular formula is C14H22BrNO2. The molecular weight excluding hydrogens is 294 g/mol. The fourth-order valence-electron chi connectivity index (χ4n) is 1.54. The van der Waals surface area contributed by atoms with Crippen molar-refractivity contribution in [1.82, 2.24) is 5.32 Å². The van der Waals surface area contributed by atoms with E-state index < -0.39 is 0 Å². The van der Waals surface area contributed by atoms with Gasteiger partial charge >= 0.3 is 0 Å². The van der Waals surface area contributed by atoms with Gasteiger partial charge in [0.25, 0.3) is 0 Å². The van der Waals surface area contributed by atoms with E-state index in [1.807, 2.05) is 12.1 Å². The van der Waals surface area contributed by atoms with Crippen molar-refractivity contribution < 1.29 is 9.47 Å². The van der Waals surface area contributed by atoms with E-state index in [0.717, 1.165) is 22.5 Å². The highest BCUT2D eigenvalue weighted by Gasteiger charge is 2.11. The van der Waals surface area contributed by atoms with Crippen LogP contribution in [-0.4, -0.2) is 20.3 Å². The van der Waals surface area contributed by atoms with Gasteiger partial charge in [0, 0.05) is 17.1 Å². The van der Waals surface area contributed by atoms with Gasteiger partial charge in [0.15, 0.2) is 11.5 Å². The van der Waals surface area contributed by atoms with E-state index in [2.05, 4.69) is 42.0 Å². The van der Waals surface area contributed by atoms with Crippen LogP contribution < -0.4 is 14.8 Å². The summed E-state index contributed by atoms with van der Waals surface area (Å²) in [5.74, 6) is 2.11. The van der Waals surface area contributed by atoms with E-state index in [4.69, 9.17) is 9.47 Å². The zero-order valence-corrected chi connectivity index (χ0v) is 13.3. The summed E-state index contributed by atoms with van der Waals surface area (Å²) in [5.41, 5.74) is 1.17. The van der Waals surface area contributed by atoms with E-state index in [1.54, 1.807) is 14.2 Å². The predicted molar refractivity (Wildman–Crippen MR) is 78.4 cm³/mol. The Morgan fingerprint density at radius 2 is 1.67 bits per heavy atom. The summed E-state index contributed by atoms with van der Waals surface area (Å²) in [6.07, 6.45) is 0. The Morgan fingerprint density at radius 1 is 1.11 bits per heavy atom. The predicted octanol–water partition coefficient (Wildman–Crippen LogP) is 3.60. The lowest BCUT2D eigenvalue weighted by molar-refractivity contribution is 0.353. The molecule has 1 aromatic rings. The molecule has 0 aromatic heterocycles. The summed E-state index contributed by atoms with van der Waals surface area (Å²) in [6, 6.07) is 4.42. The van der Waals surface area contributed by atoms with Crippen LogP contribution in [0.3, 0.4) is 0 Å². The second-order valence-electron chi connectivity index (χ2n) is 4.71.